The van der Waals surface area contributed by atoms with E-state index in [0.29, 0.717) is 0 Å². The topological polar surface area (TPSA) is 45.2 Å². The molecule has 1 fully saturated rings. The Labute approximate surface area is 117 Å². The Morgan fingerprint density at radius 1 is 1.21 bits per heavy atom. The molecule has 19 heavy (non-hydrogen) atoms. The van der Waals surface area contributed by atoms with Crippen LogP contribution in [0.15, 0.2) is 6.33 Å². The van der Waals surface area contributed by atoms with Gasteiger partial charge in [-0.05, 0) is 13.5 Å². The number of aromatic nitrogens is 3. The molecule has 3 heterocycles. The summed E-state index contributed by atoms with van der Waals surface area (Å²) in [4.78, 5) is 18.1. The monoisotopic (exact) mass is 277 g/mol. The molecule has 102 valence electrons. The predicted octanol–water partition coefficient (Wildman–Crippen LogP) is 1.79. The van der Waals surface area contributed by atoms with Crippen LogP contribution in [0, 0.1) is 0 Å². The fraction of sp³-hybridized carbons (Fsp3) is 0.615. The van der Waals surface area contributed by atoms with Crippen LogP contribution in [0.3, 0.4) is 0 Å². The van der Waals surface area contributed by atoms with Gasteiger partial charge < -0.3 is 9.80 Å². The molecule has 1 aliphatic rings. The number of hydrogen-bond acceptors (Lipinski definition) is 6. The van der Waals surface area contributed by atoms with Gasteiger partial charge in [0.2, 0.25) is 0 Å². The third kappa shape index (κ3) is 2.55. The first-order chi connectivity index (χ1) is 9.28. The largest absolute Gasteiger partial charge is 0.345 e. The minimum atomic E-state index is 0.859. The number of aryl methyl sites for hydroxylation is 1. The first-order valence-electron chi connectivity index (χ1n) is 6.82. The fourth-order valence-corrected chi connectivity index (χ4v) is 3.42. The number of piperazine rings is 1. The van der Waals surface area contributed by atoms with Crippen molar-refractivity contribution in [3.05, 3.63) is 12.0 Å². The molecule has 0 N–H and O–H groups in total. The highest BCUT2D eigenvalue weighted by molar-refractivity contribution is 7.22. The second kappa shape index (κ2) is 5.38. The smallest absolute Gasteiger partial charge is 0.188 e. The normalized spacial score (nSPS) is 17.3. The number of thiazole rings is 1. The lowest BCUT2D eigenvalue weighted by Crippen LogP contribution is -2.44. The quantitative estimate of drug-likeness (QED) is 0.856. The van der Waals surface area contributed by atoms with Gasteiger partial charge in [0, 0.05) is 26.2 Å². The summed E-state index contributed by atoms with van der Waals surface area (Å²) in [6, 6.07) is 0. The number of likely N-dealkylation sites (N-methyl/N-ethyl adjacent to an activating group) is 1. The van der Waals surface area contributed by atoms with Gasteiger partial charge in [-0.3, -0.25) is 0 Å². The van der Waals surface area contributed by atoms with Crippen molar-refractivity contribution in [1.82, 2.24) is 19.9 Å². The van der Waals surface area contributed by atoms with Crippen molar-refractivity contribution >= 4 is 26.8 Å². The van der Waals surface area contributed by atoms with Gasteiger partial charge in [0.1, 0.15) is 6.33 Å². The first-order valence-corrected chi connectivity index (χ1v) is 7.63. The summed E-state index contributed by atoms with van der Waals surface area (Å²) in [6.07, 6.45) is 3.75. The second-order valence-electron chi connectivity index (χ2n) is 5.01. The summed E-state index contributed by atoms with van der Waals surface area (Å²) in [5.41, 5.74) is 2.00. The Hall–Kier alpha value is -1.27. The van der Waals surface area contributed by atoms with E-state index in [2.05, 4.69) is 38.7 Å². The minimum Gasteiger partial charge on any atom is -0.345 e. The number of hydrogen-bond donors (Lipinski definition) is 0. The standard InChI is InChI=1S/C13H19N5S/c1-3-4-10-11-12(15-9-14-10)16-13(19-11)18-7-5-17(2)6-8-18/h9H,3-8H2,1-2H3. The van der Waals surface area contributed by atoms with Crippen molar-refractivity contribution in [2.75, 3.05) is 38.1 Å². The summed E-state index contributed by atoms with van der Waals surface area (Å²) in [7, 11) is 2.17. The van der Waals surface area contributed by atoms with Gasteiger partial charge in [-0.15, -0.1) is 0 Å². The Balaban J connectivity index is 1.91. The molecule has 0 unspecified atom stereocenters. The van der Waals surface area contributed by atoms with Crippen LogP contribution in [0.25, 0.3) is 10.3 Å². The highest BCUT2D eigenvalue weighted by Gasteiger charge is 2.19. The Bertz CT molecular complexity index is 559. The Morgan fingerprint density at radius 2 is 2.00 bits per heavy atom. The van der Waals surface area contributed by atoms with Crippen molar-refractivity contribution in [1.29, 1.82) is 0 Å². The molecule has 1 saturated heterocycles. The van der Waals surface area contributed by atoms with Crippen LogP contribution < -0.4 is 4.90 Å². The van der Waals surface area contributed by atoms with Crippen LogP contribution >= 0.6 is 11.3 Å². The van der Waals surface area contributed by atoms with Crippen molar-refractivity contribution in [3.8, 4) is 0 Å². The molecule has 0 aliphatic carbocycles. The Morgan fingerprint density at radius 3 is 2.74 bits per heavy atom. The van der Waals surface area contributed by atoms with E-state index >= 15 is 0 Å². The van der Waals surface area contributed by atoms with Gasteiger partial charge in [-0.2, -0.15) is 4.98 Å². The minimum absolute atomic E-state index is 0.859. The summed E-state index contributed by atoms with van der Waals surface area (Å²) in [6.45, 7) is 6.48. The molecule has 6 heteroatoms. The SMILES string of the molecule is CCCc1ncnc2nc(N3CCN(C)CC3)sc12. The van der Waals surface area contributed by atoms with E-state index in [-0.39, 0.29) is 0 Å². The Kier molecular flexibility index (Phi) is 3.61. The van der Waals surface area contributed by atoms with Crippen molar-refractivity contribution < 1.29 is 0 Å². The lowest BCUT2D eigenvalue weighted by atomic mass is 10.2. The first kappa shape index (κ1) is 12.7. The molecule has 0 bridgehead atoms. The molecular formula is C13H19N5S. The summed E-state index contributed by atoms with van der Waals surface area (Å²) in [5, 5.41) is 1.10. The van der Waals surface area contributed by atoms with Crippen LogP contribution in [0.2, 0.25) is 0 Å². The van der Waals surface area contributed by atoms with Crippen molar-refractivity contribution in [2.45, 2.75) is 19.8 Å². The zero-order valence-electron chi connectivity index (χ0n) is 11.5. The van der Waals surface area contributed by atoms with Gasteiger partial charge in [0.05, 0.1) is 10.4 Å². The second-order valence-corrected chi connectivity index (χ2v) is 5.99. The lowest BCUT2D eigenvalue weighted by molar-refractivity contribution is 0.313. The van der Waals surface area contributed by atoms with Gasteiger partial charge in [-0.1, -0.05) is 24.7 Å². The maximum absolute atomic E-state index is 4.68. The number of anilines is 1. The molecule has 0 spiro atoms. The highest BCUT2D eigenvalue weighted by Crippen LogP contribution is 2.30. The maximum Gasteiger partial charge on any atom is 0.188 e. The zero-order valence-corrected chi connectivity index (χ0v) is 12.3. The lowest BCUT2D eigenvalue weighted by Gasteiger charge is -2.31. The third-order valence-electron chi connectivity index (χ3n) is 3.51. The molecule has 0 aromatic carbocycles. The molecular weight excluding hydrogens is 258 g/mol. The van der Waals surface area contributed by atoms with Crippen LogP contribution in [0.4, 0.5) is 5.13 Å². The van der Waals surface area contributed by atoms with Crippen molar-refractivity contribution in [3.63, 3.8) is 0 Å². The zero-order chi connectivity index (χ0) is 13.2. The molecule has 1 aliphatic heterocycles. The molecule has 0 atom stereocenters. The van der Waals surface area contributed by atoms with E-state index in [1.165, 1.54) is 4.70 Å². The van der Waals surface area contributed by atoms with Crippen LogP contribution in [-0.4, -0.2) is 53.1 Å². The average Bonchev–Trinajstić information content (AvgIpc) is 2.85. The molecule has 2 aromatic rings. The van der Waals surface area contributed by atoms with Gasteiger partial charge >= 0.3 is 0 Å². The number of nitrogens with zero attached hydrogens (tertiary/aromatic N) is 5. The van der Waals surface area contributed by atoms with E-state index < -0.39 is 0 Å². The number of rotatable bonds is 3. The summed E-state index contributed by atoms with van der Waals surface area (Å²) < 4.78 is 1.17. The third-order valence-corrected chi connectivity index (χ3v) is 4.67. The summed E-state index contributed by atoms with van der Waals surface area (Å²) in [5.74, 6) is 0. The summed E-state index contributed by atoms with van der Waals surface area (Å²) >= 11 is 1.74. The molecule has 0 amide bonds. The molecule has 0 saturated carbocycles. The average molecular weight is 277 g/mol. The molecule has 0 radical (unpaired) electrons. The van der Waals surface area contributed by atoms with Crippen LogP contribution in [0.5, 0.6) is 0 Å². The predicted molar refractivity (Wildman–Crippen MR) is 78.9 cm³/mol. The molecule has 3 rings (SSSR count). The van der Waals surface area contributed by atoms with Gasteiger partial charge in [-0.25, -0.2) is 9.97 Å². The maximum atomic E-state index is 4.68. The van der Waals surface area contributed by atoms with Gasteiger partial charge in [0.15, 0.2) is 10.8 Å². The van der Waals surface area contributed by atoms with Crippen molar-refractivity contribution in [2.24, 2.45) is 0 Å². The van der Waals surface area contributed by atoms with Gasteiger partial charge in [0.25, 0.3) is 0 Å². The van der Waals surface area contributed by atoms with E-state index in [1.807, 2.05) is 0 Å². The molecule has 5 nitrogen and oxygen atoms in total. The van der Waals surface area contributed by atoms with E-state index in [1.54, 1.807) is 17.7 Å². The van der Waals surface area contributed by atoms with E-state index in [4.69, 9.17) is 0 Å². The van der Waals surface area contributed by atoms with Crippen LogP contribution in [0.1, 0.15) is 19.0 Å². The van der Waals surface area contributed by atoms with E-state index in [9.17, 15) is 0 Å². The fourth-order valence-electron chi connectivity index (χ4n) is 2.34. The molecule has 2 aromatic heterocycles. The van der Waals surface area contributed by atoms with E-state index in [0.717, 1.165) is 55.5 Å². The number of fused-ring (bicyclic) bond motifs is 1. The van der Waals surface area contributed by atoms with Crippen LogP contribution in [-0.2, 0) is 6.42 Å². The highest BCUT2D eigenvalue weighted by atomic mass is 32.1.